The van der Waals surface area contributed by atoms with Crippen LogP contribution in [0.5, 0.6) is 0 Å². The third-order valence-electron chi connectivity index (χ3n) is 4.18. The van der Waals surface area contributed by atoms with Crippen molar-refractivity contribution >= 4 is 55.8 Å². The van der Waals surface area contributed by atoms with Crippen molar-refractivity contribution in [1.29, 1.82) is 0 Å². The summed E-state index contributed by atoms with van der Waals surface area (Å²) in [5.41, 5.74) is 11.5. The zero-order chi connectivity index (χ0) is 22.2. The highest BCUT2D eigenvalue weighted by molar-refractivity contribution is 14.1. The molecular formula is C13H18IN7O8S. The fourth-order valence-corrected chi connectivity index (χ4v) is 3.92. The van der Waals surface area contributed by atoms with E-state index in [9.17, 15) is 23.4 Å². The van der Waals surface area contributed by atoms with Crippen LogP contribution in [0.15, 0.2) is 6.33 Å². The maximum atomic E-state index is 11.8. The highest BCUT2D eigenvalue weighted by Gasteiger charge is 2.45. The number of nitrogens with zero attached hydrogens (tertiary/aromatic N) is 4. The molecular weight excluding hydrogens is 541 g/mol. The lowest BCUT2D eigenvalue weighted by atomic mass is 10.1. The van der Waals surface area contributed by atoms with E-state index in [2.05, 4.69) is 19.1 Å². The first-order valence-corrected chi connectivity index (χ1v) is 10.8. The summed E-state index contributed by atoms with van der Waals surface area (Å²) in [7, 11) is -4.60. The number of aromatic nitrogens is 4. The molecule has 3 rings (SSSR count). The number of aliphatic hydroxyl groups is 3. The first-order valence-electron chi connectivity index (χ1n) is 8.28. The summed E-state index contributed by atoms with van der Waals surface area (Å²) >= 11 is 1.84. The second-order valence-electron chi connectivity index (χ2n) is 6.24. The molecule has 1 amide bonds. The Hall–Kier alpha value is -1.74. The number of imidazole rings is 1. The van der Waals surface area contributed by atoms with Gasteiger partial charge in [0.05, 0.1) is 19.5 Å². The lowest BCUT2D eigenvalue weighted by molar-refractivity contribution is -0.121. The van der Waals surface area contributed by atoms with Crippen LogP contribution < -0.4 is 16.2 Å². The Bertz CT molecular complexity index is 1050. The molecule has 0 radical (unpaired) electrons. The predicted molar refractivity (Wildman–Crippen MR) is 106 cm³/mol. The molecule has 1 aliphatic heterocycles. The van der Waals surface area contributed by atoms with Crippen molar-refractivity contribution in [3.8, 4) is 0 Å². The van der Waals surface area contributed by atoms with Crippen molar-refractivity contribution in [3.63, 3.8) is 0 Å². The van der Waals surface area contributed by atoms with Gasteiger partial charge in [-0.2, -0.15) is 8.42 Å². The first kappa shape index (κ1) is 22.9. The number of amides is 1. The molecule has 1 saturated heterocycles. The Morgan fingerprint density at radius 1 is 1.40 bits per heavy atom. The third kappa shape index (κ3) is 4.61. The molecule has 15 nitrogen and oxygen atoms in total. The lowest BCUT2D eigenvalue weighted by Gasteiger charge is -2.16. The number of halogens is 1. The molecule has 8 N–H and O–H groups in total. The average Bonchev–Trinajstić information content (AvgIpc) is 3.21. The van der Waals surface area contributed by atoms with Crippen LogP contribution in [0.1, 0.15) is 6.23 Å². The van der Waals surface area contributed by atoms with Gasteiger partial charge < -0.3 is 31.5 Å². The Labute approximate surface area is 182 Å². The van der Waals surface area contributed by atoms with Gasteiger partial charge in [0.15, 0.2) is 21.5 Å². The van der Waals surface area contributed by atoms with Crippen molar-refractivity contribution < 1.29 is 37.5 Å². The van der Waals surface area contributed by atoms with Crippen LogP contribution in [0.4, 0.5) is 5.82 Å². The smallest absolute Gasteiger partial charge is 0.362 e. The topological polar surface area (TPSA) is 238 Å². The van der Waals surface area contributed by atoms with Crippen LogP contribution in [0, 0.1) is 3.83 Å². The lowest BCUT2D eigenvalue weighted by Crippen LogP contribution is -2.46. The minimum Gasteiger partial charge on any atom is -0.394 e. The number of hydrogen-bond donors (Lipinski definition) is 6. The van der Waals surface area contributed by atoms with Crippen LogP contribution in [0.3, 0.4) is 0 Å². The number of aliphatic hydroxyl groups excluding tert-OH is 3. The molecule has 0 spiro atoms. The van der Waals surface area contributed by atoms with E-state index in [-0.39, 0.29) is 17.0 Å². The summed E-state index contributed by atoms with van der Waals surface area (Å²) in [6.45, 7) is -1.50. The molecule has 0 aliphatic carbocycles. The fourth-order valence-electron chi connectivity index (χ4n) is 2.66. The number of fused-ring (bicyclic) bond motifs is 1. The van der Waals surface area contributed by atoms with Gasteiger partial charge in [-0.15, -0.1) is 0 Å². The van der Waals surface area contributed by atoms with E-state index in [4.69, 9.17) is 21.3 Å². The standard InChI is InChI=1S/C13H18IN7O8S/c14-13-18-9(16)6-10(19-13)21(3-17-6)12-8(24)7(23)5(29-12)2-28-30(26,27)20-11(25)4(15)1-22/h3-5,7-8,12,22-24H,1-2,15H2,(H,20,25)(H2,16,18,19)/t4-,5+,7+,8+,12+/m0/s1. The number of hydrogen-bond acceptors (Lipinski definition) is 13. The summed E-state index contributed by atoms with van der Waals surface area (Å²) in [6.07, 6.45) is -4.19. The molecule has 5 atom stereocenters. The van der Waals surface area contributed by atoms with Gasteiger partial charge in [-0.05, 0) is 0 Å². The predicted octanol–water partition coefficient (Wildman–Crippen LogP) is -3.67. The van der Waals surface area contributed by atoms with E-state index in [1.807, 2.05) is 22.6 Å². The van der Waals surface area contributed by atoms with Crippen LogP contribution >= 0.6 is 22.6 Å². The van der Waals surface area contributed by atoms with Gasteiger partial charge in [0.25, 0.3) is 5.91 Å². The molecule has 166 valence electrons. The molecule has 0 aromatic carbocycles. The average molecular weight is 559 g/mol. The molecule has 30 heavy (non-hydrogen) atoms. The van der Waals surface area contributed by atoms with Gasteiger partial charge in [0.2, 0.25) is 0 Å². The van der Waals surface area contributed by atoms with E-state index >= 15 is 0 Å². The van der Waals surface area contributed by atoms with E-state index in [0.29, 0.717) is 3.83 Å². The van der Waals surface area contributed by atoms with Crippen molar-refractivity contribution in [3.05, 3.63) is 10.2 Å². The minimum absolute atomic E-state index is 0.110. The minimum atomic E-state index is -4.60. The zero-order valence-corrected chi connectivity index (χ0v) is 18.0. The first-order chi connectivity index (χ1) is 14.0. The Morgan fingerprint density at radius 3 is 2.77 bits per heavy atom. The highest BCUT2D eigenvalue weighted by atomic mass is 127. The molecule has 0 saturated carbocycles. The molecule has 1 fully saturated rings. The number of rotatable bonds is 7. The zero-order valence-electron chi connectivity index (χ0n) is 15.0. The van der Waals surface area contributed by atoms with Gasteiger partial charge in [0.1, 0.15) is 29.9 Å². The normalized spacial score (nSPS) is 25.5. The summed E-state index contributed by atoms with van der Waals surface area (Å²) in [5.74, 6) is -1.07. The van der Waals surface area contributed by atoms with Crippen molar-refractivity contribution in [1.82, 2.24) is 24.2 Å². The van der Waals surface area contributed by atoms with Gasteiger partial charge >= 0.3 is 10.3 Å². The van der Waals surface area contributed by atoms with Gasteiger partial charge in [-0.3, -0.25) is 13.5 Å². The van der Waals surface area contributed by atoms with Crippen LogP contribution in [-0.2, 0) is 24.0 Å². The maximum Gasteiger partial charge on any atom is 0.362 e. The number of ether oxygens (including phenoxy) is 1. The van der Waals surface area contributed by atoms with Gasteiger partial charge in [-0.25, -0.2) is 19.7 Å². The second-order valence-corrected chi connectivity index (χ2v) is 8.56. The number of nitrogens with two attached hydrogens (primary N) is 2. The van der Waals surface area contributed by atoms with E-state index in [0.717, 1.165) is 0 Å². The Balaban J connectivity index is 1.73. The molecule has 2 aromatic rings. The molecule has 3 heterocycles. The number of nitrogen functional groups attached to an aromatic ring is 1. The van der Waals surface area contributed by atoms with E-state index < -0.39 is 60.0 Å². The highest BCUT2D eigenvalue weighted by Crippen LogP contribution is 2.32. The Kier molecular flexibility index (Phi) is 6.72. The van der Waals surface area contributed by atoms with Crippen molar-refractivity contribution in [2.45, 2.75) is 30.6 Å². The van der Waals surface area contributed by atoms with Crippen molar-refractivity contribution in [2.24, 2.45) is 5.73 Å². The second kappa shape index (κ2) is 8.78. The molecule has 0 unspecified atom stereocenters. The summed E-state index contributed by atoms with van der Waals surface area (Å²) in [4.78, 5) is 23.7. The van der Waals surface area contributed by atoms with Crippen molar-refractivity contribution in [2.75, 3.05) is 18.9 Å². The maximum absolute atomic E-state index is 11.8. The van der Waals surface area contributed by atoms with Gasteiger partial charge in [-0.1, -0.05) is 0 Å². The SMILES string of the molecule is Nc1nc(I)nc2c1ncn2[C@@H]1O[C@H](COS(=O)(=O)NC(=O)[C@@H](N)CO)[C@@H](O)[C@H]1O. The molecule has 2 aromatic heterocycles. The number of anilines is 1. The molecule has 0 bridgehead atoms. The monoisotopic (exact) mass is 559 g/mol. The van der Waals surface area contributed by atoms with Crippen LogP contribution in [0.2, 0.25) is 0 Å². The van der Waals surface area contributed by atoms with Gasteiger partial charge in [0, 0.05) is 22.6 Å². The summed E-state index contributed by atoms with van der Waals surface area (Å²) in [6, 6.07) is -1.46. The largest absolute Gasteiger partial charge is 0.394 e. The molecule has 17 heteroatoms. The molecule has 1 aliphatic rings. The van der Waals surface area contributed by atoms with E-state index in [1.54, 1.807) is 0 Å². The summed E-state index contributed by atoms with van der Waals surface area (Å²) < 4.78 is 37.0. The number of nitrogens with one attached hydrogen (secondary N) is 1. The van der Waals surface area contributed by atoms with Crippen LogP contribution in [-0.4, -0.2) is 86.7 Å². The number of carbonyl (C=O) groups is 1. The quantitative estimate of drug-likeness (QED) is 0.142. The number of carbonyl (C=O) groups excluding carboxylic acids is 1. The van der Waals surface area contributed by atoms with E-state index in [1.165, 1.54) is 15.6 Å². The third-order valence-corrected chi connectivity index (χ3v) is 5.56. The fraction of sp³-hybridized carbons (Fsp3) is 0.538. The Morgan fingerprint density at radius 2 is 2.10 bits per heavy atom. The summed E-state index contributed by atoms with van der Waals surface area (Å²) in [5, 5.41) is 29.4. The van der Waals surface area contributed by atoms with Crippen LogP contribution in [0.25, 0.3) is 11.2 Å².